The lowest BCUT2D eigenvalue weighted by molar-refractivity contribution is -0.390. The van der Waals surface area contributed by atoms with Gasteiger partial charge >= 0.3 is 5.82 Å². The Bertz CT molecular complexity index is 577. The smallest absolute Gasteiger partial charge is 0.358 e. The summed E-state index contributed by atoms with van der Waals surface area (Å²) in [6, 6.07) is 0. The Morgan fingerprint density at radius 3 is 2.41 bits per heavy atom. The van der Waals surface area contributed by atoms with Gasteiger partial charge in [-0.3, -0.25) is 0 Å². The zero-order valence-electron chi connectivity index (χ0n) is 7.80. The van der Waals surface area contributed by atoms with Crippen LogP contribution < -0.4 is 5.14 Å². The summed E-state index contributed by atoms with van der Waals surface area (Å²) < 4.78 is 46.8. The van der Waals surface area contributed by atoms with Gasteiger partial charge in [0.2, 0.25) is 10.0 Å². The number of nitrogens with zero attached hydrogens (tertiary/aromatic N) is 2. The van der Waals surface area contributed by atoms with E-state index in [1.807, 2.05) is 0 Å². The van der Waals surface area contributed by atoms with E-state index in [1.165, 1.54) is 22.6 Å². The van der Waals surface area contributed by atoms with E-state index in [2.05, 4.69) is 4.98 Å². The zero-order chi connectivity index (χ0) is 13.4. The number of rotatable bonds is 3. The molecule has 0 aliphatic rings. The van der Waals surface area contributed by atoms with Crippen molar-refractivity contribution in [3.05, 3.63) is 25.4 Å². The second-order valence-corrected chi connectivity index (χ2v) is 5.36. The van der Waals surface area contributed by atoms with Crippen LogP contribution >= 0.6 is 22.6 Å². The average Bonchev–Trinajstić information content (AvgIpc) is 2.14. The molecule has 1 heterocycles. The molecule has 0 aliphatic carbocycles. The summed E-state index contributed by atoms with van der Waals surface area (Å²) >= 11 is 1.24. The van der Waals surface area contributed by atoms with E-state index in [0.29, 0.717) is 6.20 Å². The van der Waals surface area contributed by atoms with Crippen LogP contribution in [0.1, 0.15) is 12.0 Å². The molecule has 7 nitrogen and oxygen atoms in total. The summed E-state index contributed by atoms with van der Waals surface area (Å²) in [6.07, 6.45) is -2.71. The lowest BCUT2D eigenvalue weighted by atomic mass is 10.3. The van der Waals surface area contributed by atoms with Gasteiger partial charge in [-0.05, 0) is 32.5 Å². The van der Waals surface area contributed by atoms with E-state index >= 15 is 0 Å². The minimum absolute atomic E-state index is 0.435. The van der Waals surface area contributed by atoms with Crippen molar-refractivity contribution in [1.82, 2.24) is 4.98 Å². The van der Waals surface area contributed by atoms with E-state index in [-0.39, 0.29) is 0 Å². The Hall–Kier alpha value is -0.950. The van der Waals surface area contributed by atoms with Gasteiger partial charge in [0.25, 0.3) is 6.43 Å². The Balaban J connectivity index is 3.72. The molecule has 94 valence electrons. The van der Waals surface area contributed by atoms with Gasteiger partial charge < -0.3 is 10.1 Å². The molecule has 1 aromatic rings. The van der Waals surface area contributed by atoms with Gasteiger partial charge in [-0.15, -0.1) is 0 Å². The molecular weight excluding hydrogens is 375 g/mol. The quantitative estimate of drug-likeness (QED) is 0.481. The van der Waals surface area contributed by atoms with Crippen LogP contribution in [-0.4, -0.2) is 18.3 Å². The van der Waals surface area contributed by atoms with Crippen LogP contribution in [0.4, 0.5) is 14.6 Å². The Morgan fingerprint density at radius 1 is 1.53 bits per heavy atom. The molecule has 0 unspecified atom stereocenters. The van der Waals surface area contributed by atoms with Gasteiger partial charge in [0, 0.05) is 0 Å². The lowest BCUT2D eigenvalue weighted by Crippen LogP contribution is -2.18. The van der Waals surface area contributed by atoms with E-state index in [4.69, 9.17) is 5.14 Å². The average molecular weight is 379 g/mol. The maximum Gasteiger partial charge on any atom is 0.378 e. The maximum atomic E-state index is 12.5. The Labute approximate surface area is 107 Å². The van der Waals surface area contributed by atoms with Crippen molar-refractivity contribution < 1.29 is 22.1 Å². The van der Waals surface area contributed by atoms with E-state index < -0.39 is 41.2 Å². The van der Waals surface area contributed by atoms with Gasteiger partial charge in [0.1, 0.15) is 8.47 Å². The number of aromatic nitrogens is 1. The maximum absolute atomic E-state index is 12.5. The van der Waals surface area contributed by atoms with Crippen LogP contribution in [0.25, 0.3) is 0 Å². The van der Waals surface area contributed by atoms with Crippen molar-refractivity contribution in [3.8, 4) is 0 Å². The van der Waals surface area contributed by atoms with Gasteiger partial charge in [0.05, 0.1) is 5.56 Å². The first-order chi connectivity index (χ1) is 7.66. The molecular formula is C6H4F2IN3O4S. The van der Waals surface area contributed by atoms with Crippen molar-refractivity contribution in [2.75, 3.05) is 0 Å². The summed E-state index contributed by atoms with van der Waals surface area (Å²) in [7, 11) is -4.50. The fourth-order valence-electron chi connectivity index (χ4n) is 1.05. The van der Waals surface area contributed by atoms with Crippen molar-refractivity contribution in [2.45, 2.75) is 11.3 Å². The lowest BCUT2D eigenvalue weighted by Gasteiger charge is -2.07. The summed E-state index contributed by atoms with van der Waals surface area (Å²) in [5.74, 6) is -0.834. The zero-order valence-corrected chi connectivity index (χ0v) is 10.8. The molecule has 0 bridgehead atoms. The number of sulfonamides is 1. The van der Waals surface area contributed by atoms with Gasteiger partial charge in [-0.25, -0.2) is 22.3 Å². The first-order valence-corrected chi connectivity index (χ1v) is 6.42. The molecule has 0 fully saturated rings. The van der Waals surface area contributed by atoms with Crippen molar-refractivity contribution >= 4 is 38.4 Å². The molecule has 0 amide bonds. The topological polar surface area (TPSA) is 116 Å². The molecule has 17 heavy (non-hydrogen) atoms. The normalized spacial score (nSPS) is 11.8. The van der Waals surface area contributed by atoms with Crippen molar-refractivity contribution in [3.63, 3.8) is 0 Å². The number of hydrogen-bond acceptors (Lipinski definition) is 5. The first-order valence-electron chi connectivity index (χ1n) is 3.80. The summed E-state index contributed by atoms with van der Waals surface area (Å²) in [4.78, 5) is 11.7. The number of nitrogens with two attached hydrogens (primary N) is 1. The third-order valence-corrected chi connectivity index (χ3v) is 4.07. The Morgan fingerprint density at radius 2 is 2.06 bits per heavy atom. The minimum atomic E-state index is -4.50. The second-order valence-electron chi connectivity index (χ2n) is 2.78. The number of alkyl halides is 2. The van der Waals surface area contributed by atoms with Crippen LogP contribution in [0, 0.1) is 13.7 Å². The van der Waals surface area contributed by atoms with Crippen LogP contribution in [-0.2, 0) is 10.0 Å². The molecule has 0 atom stereocenters. The summed E-state index contributed by atoms with van der Waals surface area (Å²) in [6.45, 7) is 0. The van der Waals surface area contributed by atoms with Crippen molar-refractivity contribution in [1.29, 1.82) is 0 Å². The molecule has 11 heteroatoms. The number of nitro groups is 1. The standard InChI is InChI=1S/C6H4F2IN3O4S/c7-5(8)2-1-11-6(12(13)14)3(9)4(2)17(10,15)16/h1,5H,(H2,10,15,16). The van der Waals surface area contributed by atoms with Crippen LogP contribution in [0.2, 0.25) is 0 Å². The first kappa shape index (κ1) is 14.1. The van der Waals surface area contributed by atoms with Crippen LogP contribution in [0.15, 0.2) is 11.1 Å². The fourth-order valence-corrected chi connectivity index (χ4v) is 3.43. The third-order valence-electron chi connectivity index (χ3n) is 1.68. The number of pyridine rings is 1. The highest BCUT2D eigenvalue weighted by molar-refractivity contribution is 14.1. The van der Waals surface area contributed by atoms with E-state index in [9.17, 15) is 27.3 Å². The number of primary sulfonamides is 1. The minimum Gasteiger partial charge on any atom is -0.358 e. The summed E-state index contributed by atoms with van der Waals surface area (Å²) in [5, 5.41) is 15.2. The third kappa shape index (κ3) is 2.84. The van der Waals surface area contributed by atoms with Gasteiger partial charge in [0.15, 0.2) is 6.20 Å². The van der Waals surface area contributed by atoms with E-state index in [0.717, 1.165) is 0 Å². The molecule has 0 saturated heterocycles. The highest BCUT2D eigenvalue weighted by Crippen LogP contribution is 2.32. The molecule has 0 aliphatic heterocycles. The molecule has 0 saturated carbocycles. The SMILES string of the molecule is NS(=O)(=O)c1c(C(F)F)cnc([N+](=O)[O-])c1I. The van der Waals surface area contributed by atoms with Crippen molar-refractivity contribution in [2.24, 2.45) is 5.14 Å². The molecule has 2 N–H and O–H groups in total. The Kier molecular flexibility index (Phi) is 3.93. The van der Waals surface area contributed by atoms with Gasteiger partial charge in [-0.1, -0.05) is 0 Å². The van der Waals surface area contributed by atoms with E-state index in [1.54, 1.807) is 0 Å². The molecule has 1 rings (SSSR count). The van der Waals surface area contributed by atoms with Crippen LogP contribution in [0.5, 0.6) is 0 Å². The van der Waals surface area contributed by atoms with Gasteiger partial charge in [-0.2, -0.15) is 0 Å². The molecule has 0 spiro atoms. The second kappa shape index (κ2) is 4.73. The predicted octanol–water partition coefficient (Wildman–Crippen LogP) is 1.18. The number of halogens is 3. The van der Waals surface area contributed by atoms with Crippen LogP contribution in [0.3, 0.4) is 0 Å². The largest absolute Gasteiger partial charge is 0.378 e. The predicted molar refractivity (Wildman–Crippen MR) is 59.9 cm³/mol. The highest BCUT2D eigenvalue weighted by Gasteiger charge is 2.31. The molecule has 0 aromatic carbocycles. The number of hydrogen-bond donors (Lipinski definition) is 1. The molecule has 0 radical (unpaired) electrons. The summed E-state index contributed by atoms with van der Waals surface area (Å²) in [5.41, 5.74) is -0.956. The monoisotopic (exact) mass is 379 g/mol. The fraction of sp³-hybridized carbons (Fsp3) is 0.167. The highest BCUT2D eigenvalue weighted by atomic mass is 127. The molecule has 1 aromatic heterocycles.